The Hall–Kier alpha value is -1.51. The normalized spacial score (nSPS) is 12.2. The van der Waals surface area contributed by atoms with E-state index in [1.807, 2.05) is 43.3 Å². The third kappa shape index (κ3) is 2.66. The minimum Gasteiger partial charge on any atom is -0.497 e. The van der Waals surface area contributed by atoms with Gasteiger partial charge in [-0.1, -0.05) is 29.8 Å². The molecule has 0 amide bonds. The van der Waals surface area contributed by atoms with Gasteiger partial charge in [0.1, 0.15) is 11.9 Å². The minimum atomic E-state index is -0.696. The Bertz CT molecular complexity index is 552. The number of halogens is 1. The van der Waals surface area contributed by atoms with Gasteiger partial charge in [-0.2, -0.15) is 0 Å². The maximum absolute atomic E-state index is 10.4. The lowest BCUT2D eigenvalue weighted by Gasteiger charge is -2.15. The van der Waals surface area contributed by atoms with Crippen molar-refractivity contribution in [3.8, 4) is 5.75 Å². The van der Waals surface area contributed by atoms with Crippen molar-refractivity contribution in [2.24, 2.45) is 0 Å². The molecule has 2 rings (SSSR count). The second-order valence-corrected chi connectivity index (χ2v) is 4.62. The molecule has 2 aromatic rings. The highest BCUT2D eigenvalue weighted by molar-refractivity contribution is 6.30. The van der Waals surface area contributed by atoms with Crippen LogP contribution in [0.25, 0.3) is 0 Å². The first kappa shape index (κ1) is 12.9. The summed E-state index contributed by atoms with van der Waals surface area (Å²) in [6.45, 7) is 1.95. The molecule has 0 saturated carbocycles. The lowest BCUT2D eigenvalue weighted by atomic mass is 9.97. The van der Waals surface area contributed by atoms with E-state index in [2.05, 4.69) is 0 Å². The molecule has 0 radical (unpaired) electrons. The SMILES string of the molecule is COc1cccc(C(O)c2cc(Cl)ccc2C)c1. The summed E-state index contributed by atoms with van der Waals surface area (Å²) < 4.78 is 5.16. The van der Waals surface area contributed by atoms with Crippen LogP contribution in [0.4, 0.5) is 0 Å². The smallest absolute Gasteiger partial charge is 0.119 e. The number of ether oxygens (including phenoxy) is 1. The van der Waals surface area contributed by atoms with E-state index in [0.717, 1.165) is 22.4 Å². The Labute approximate surface area is 112 Å². The maximum atomic E-state index is 10.4. The fourth-order valence-electron chi connectivity index (χ4n) is 1.90. The van der Waals surface area contributed by atoms with Gasteiger partial charge in [-0.15, -0.1) is 0 Å². The van der Waals surface area contributed by atoms with Gasteiger partial charge in [0, 0.05) is 5.02 Å². The van der Waals surface area contributed by atoms with Gasteiger partial charge in [0.25, 0.3) is 0 Å². The molecule has 18 heavy (non-hydrogen) atoms. The lowest BCUT2D eigenvalue weighted by Crippen LogP contribution is -2.02. The van der Waals surface area contributed by atoms with Gasteiger partial charge in [0.2, 0.25) is 0 Å². The summed E-state index contributed by atoms with van der Waals surface area (Å²) in [6, 6.07) is 12.9. The number of aryl methyl sites for hydroxylation is 1. The fourth-order valence-corrected chi connectivity index (χ4v) is 2.08. The molecule has 94 valence electrons. The minimum absolute atomic E-state index is 0.623. The van der Waals surface area contributed by atoms with E-state index in [1.54, 1.807) is 13.2 Å². The lowest BCUT2D eigenvalue weighted by molar-refractivity contribution is 0.219. The van der Waals surface area contributed by atoms with E-state index in [1.165, 1.54) is 0 Å². The van der Waals surface area contributed by atoms with Gasteiger partial charge in [0.05, 0.1) is 7.11 Å². The van der Waals surface area contributed by atoms with Gasteiger partial charge < -0.3 is 9.84 Å². The zero-order chi connectivity index (χ0) is 13.1. The van der Waals surface area contributed by atoms with Crippen LogP contribution in [0.3, 0.4) is 0 Å². The number of hydrogen-bond donors (Lipinski definition) is 1. The summed E-state index contributed by atoms with van der Waals surface area (Å²) in [4.78, 5) is 0. The Kier molecular flexibility index (Phi) is 3.90. The van der Waals surface area contributed by atoms with E-state index in [0.29, 0.717) is 5.02 Å². The number of hydrogen-bond acceptors (Lipinski definition) is 2. The summed E-state index contributed by atoms with van der Waals surface area (Å²) in [7, 11) is 1.61. The quantitative estimate of drug-likeness (QED) is 0.913. The van der Waals surface area contributed by atoms with Crippen LogP contribution >= 0.6 is 11.6 Å². The molecule has 2 aromatic carbocycles. The summed E-state index contributed by atoms with van der Waals surface area (Å²) in [6.07, 6.45) is -0.696. The average Bonchev–Trinajstić information content (AvgIpc) is 2.41. The van der Waals surface area contributed by atoms with Gasteiger partial charge in [-0.05, 0) is 47.9 Å². The van der Waals surface area contributed by atoms with Crippen LogP contribution in [-0.4, -0.2) is 12.2 Å². The summed E-state index contributed by atoms with van der Waals surface area (Å²) in [5.41, 5.74) is 2.62. The van der Waals surface area contributed by atoms with Gasteiger partial charge in [-0.25, -0.2) is 0 Å². The van der Waals surface area contributed by atoms with Crippen molar-refractivity contribution in [1.82, 2.24) is 0 Å². The molecule has 0 fully saturated rings. The Morgan fingerprint density at radius 3 is 2.67 bits per heavy atom. The van der Waals surface area contributed by atoms with Crippen LogP contribution in [0, 0.1) is 6.92 Å². The highest BCUT2D eigenvalue weighted by Gasteiger charge is 2.13. The topological polar surface area (TPSA) is 29.5 Å². The van der Waals surface area contributed by atoms with Crippen LogP contribution in [0.2, 0.25) is 5.02 Å². The van der Waals surface area contributed by atoms with E-state index in [9.17, 15) is 5.11 Å². The van der Waals surface area contributed by atoms with E-state index in [-0.39, 0.29) is 0 Å². The zero-order valence-corrected chi connectivity index (χ0v) is 11.1. The molecule has 1 atom stereocenters. The molecular weight excluding hydrogens is 248 g/mol. The van der Waals surface area contributed by atoms with E-state index < -0.39 is 6.10 Å². The Morgan fingerprint density at radius 1 is 1.17 bits per heavy atom. The van der Waals surface area contributed by atoms with Crippen LogP contribution in [0.1, 0.15) is 22.8 Å². The molecule has 3 heteroatoms. The molecule has 2 nitrogen and oxygen atoms in total. The fraction of sp³-hybridized carbons (Fsp3) is 0.200. The number of benzene rings is 2. The molecule has 0 saturated heterocycles. The van der Waals surface area contributed by atoms with Crippen molar-refractivity contribution in [3.63, 3.8) is 0 Å². The van der Waals surface area contributed by atoms with Gasteiger partial charge >= 0.3 is 0 Å². The molecule has 1 unspecified atom stereocenters. The molecule has 0 spiro atoms. The summed E-state index contributed by atoms with van der Waals surface area (Å²) in [5, 5.41) is 11.0. The average molecular weight is 263 g/mol. The predicted molar refractivity (Wildman–Crippen MR) is 73.2 cm³/mol. The molecule has 0 aliphatic heterocycles. The molecular formula is C15H15ClO2. The maximum Gasteiger partial charge on any atom is 0.119 e. The van der Waals surface area contributed by atoms with Crippen molar-refractivity contribution < 1.29 is 9.84 Å². The number of rotatable bonds is 3. The monoisotopic (exact) mass is 262 g/mol. The van der Waals surface area contributed by atoms with Crippen molar-refractivity contribution in [3.05, 3.63) is 64.2 Å². The Morgan fingerprint density at radius 2 is 1.94 bits per heavy atom. The summed E-state index contributed by atoms with van der Waals surface area (Å²) >= 11 is 5.97. The highest BCUT2D eigenvalue weighted by atomic mass is 35.5. The largest absolute Gasteiger partial charge is 0.497 e. The van der Waals surface area contributed by atoms with Crippen LogP contribution < -0.4 is 4.74 Å². The van der Waals surface area contributed by atoms with Crippen molar-refractivity contribution in [2.75, 3.05) is 7.11 Å². The first-order valence-corrected chi connectivity index (χ1v) is 6.07. The van der Waals surface area contributed by atoms with Crippen LogP contribution in [-0.2, 0) is 0 Å². The third-order valence-electron chi connectivity index (χ3n) is 2.95. The van der Waals surface area contributed by atoms with Gasteiger partial charge in [0.15, 0.2) is 0 Å². The van der Waals surface area contributed by atoms with E-state index in [4.69, 9.17) is 16.3 Å². The predicted octanol–water partition coefficient (Wildman–Crippen LogP) is 3.74. The second-order valence-electron chi connectivity index (χ2n) is 4.18. The van der Waals surface area contributed by atoms with Crippen LogP contribution in [0.5, 0.6) is 5.75 Å². The molecule has 0 heterocycles. The molecule has 0 aliphatic carbocycles. The number of methoxy groups -OCH3 is 1. The summed E-state index contributed by atoms with van der Waals surface area (Å²) in [5.74, 6) is 0.728. The van der Waals surface area contributed by atoms with Crippen molar-refractivity contribution in [1.29, 1.82) is 0 Å². The highest BCUT2D eigenvalue weighted by Crippen LogP contribution is 2.28. The zero-order valence-electron chi connectivity index (χ0n) is 10.4. The first-order valence-electron chi connectivity index (χ1n) is 5.70. The third-order valence-corrected chi connectivity index (χ3v) is 3.18. The molecule has 0 aliphatic rings. The molecule has 0 aromatic heterocycles. The Balaban J connectivity index is 2.40. The number of aliphatic hydroxyl groups is 1. The molecule has 1 N–H and O–H groups in total. The number of aliphatic hydroxyl groups excluding tert-OH is 1. The van der Waals surface area contributed by atoms with Crippen molar-refractivity contribution in [2.45, 2.75) is 13.0 Å². The molecule has 0 bridgehead atoms. The second kappa shape index (κ2) is 5.42. The van der Waals surface area contributed by atoms with Crippen LogP contribution in [0.15, 0.2) is 42.5 Å². The van der Waals surface area contributed by atoms with E-state index >= 15 is 0 Å². The first-order chi connectivity index (χ1) is 8.61. The standard InChI is InChI=1S/C15H15ClO2/c1-10-6-7-12(16)9-14(10)15(17)11-4-3-5-13(8-11)18-2/h3-9,15,17H,1-2H3. The van der Waals surface area contributed by atoms with Gasteiger partial charge in [-0.3, -0.25) is 0 Å². The van der Waals surface area contributed by atoms with Crippen molar-refractivity contribution >= 4 is 11.6 Å².